The quantitative estimate of drug-likeness (QED) is 0.493. The Morgan fingerprint density at radius 3 is 2.71 bits per heavy atom. The Hall–Kier alpha value is -0.510. The fourth-order valence-corrected chi connectivity index (χ4v) is 0.664. The molecule has 0 aromatic rings. The number of hydrogen-bond donors (Lipinski definition) is 0. The van der Waals surface area contributed by atoms with Crippen molar-refractivity contribution in [2.45, 2.75) is 19.3 Å². The fourth-order valence-electron chi connectivity index (χ4n) is 0.664. The molecule has 0 amide bonds. The molecule has 1 rings (SSSR count). The maximum atomic E-state index is 4.93. The van der Waals surface area contributed by atoms with E-state index < -0.39 is 0 Å². The maximum Gasteiger partial charge on any atom is 0.263 e. The highest BCUT2D eigenvalue weighted by molar-refractivity contribution is 4.77. The summed E-state index contributed by atoms with van der Waals surface area (Å²) in [4.78, 5) is 3.52. The van der Waals surface area contributed by atoms with Crippen LogP contribution in [-0.4, -0.2) is 6.54 Å². The molecule has 0 aromatic carbocycles. The van der Waals surface area contributed by atoms with Gasteiger partial charge < -0.3 is 0 Å². The van der Waals surface area contributed by atoms with E-state index in [9.17, 15) is 0 Å². The Morgan fingerprint density at radius 1 is 1.57 bits per heavy atom. The van der Waals surface area contributed by atoms with Gasteiger partial charge >= 0.3 is 0 Å². The molecule has 0 aliphatic heterocycles. The highest BCUT2D eigenvalue weighted by atomic mass is 14.6. The van der Waals surface area contributed by atoms with Crippen molar-refractivity contribution in [2.75, 3.05) is 6.54 Å². The van der Waals surface area contributed by atoms with Crippen LogP contribution in [0, 0.1) is 12.5 Å². The summed E-state index contributed by atoms with van der Waals surface area (Å²) < 4.78 is 0. The van der Waals surface area contributed by atoms with E-state index >= 15 is 0 Å². The second-order valence-corrected chi connectivity index (χ2v) is 2.14. The molecular weight excluding hydrogens is 86.1 g/mol. The minimum Gasteiger partial charge on any atom is -0.0869 e. The molecule has 1 aliphatic rings. The van der Waals surface area contributed by atoms with E-state index in [2.05, 4.69) is 4.85 Å². The Morgan fingerprint density at radius 2 is 2.29 bits per heavy atom. The first kappa shape index (κ1) is 4.64. The minimum atomic E-state index is 0.866. The molecule has 7 heavy (non-hydrogen) atoms. The van der Waals surface area contributed by atoms with Crippen molar-refractivity contribution in [3.05, 3.63) is 4.85 Å². The lowest BCUT2D eigenvalue weighted by Crippen LogP contribution is -1.76. The molecule has 0 heterocycles. The molecule has 1 fully saturated rings. The van der Waals surface area contributed by atoms with Crippen molar-refractivity contribution < 1.29 is 0 Å². The average Bonchev–Trinajstić information content (AvgIpc) is 2.42. The predicted octanol–water partition coefficient (Wildman–Crippen LogP) is 1.75. The van der Waals surface area contributed by atoms with Gasteiger partial charge in [-0.1, -0.05) is 4.85 Å². The maximum absolute atomic E-state index is 4.93. The lowest BCUT2D eigenvalue weighted by atomic mass is 10.3. The molecular formula is C6H10N+. The summed E-state index contributed by atoms with van der Waals surface area (Å²) in [6.45, 7) is 5.80. The van der Waals surface area contributed by atoms with Crippen LogP contribution in [0.4, 0.5) is 0 Å². The summed E-state index contributed by atoms with van der Waals surface area (Å²) in [6.07, 6.45) is 4.04. The SMILES string of the molecule is C#[N+]CCC1CC1. The molecule has 0 bridgehead atoms. The van der Waals surface area contributed by atoms with Crippen LogP contribution in [0.2, 0.25) is 0 Å². The van der Waals surface area contributed by atoms with Crippen LogP contribution in [0.1, 0.15) is 19.3 Å². The summed E-state index contributed by atoms with van der Waals surface area (Å²) in [5, 5.41) is 0. The van der Waals surface area contributed by atoms with Crippen LogP contribution >= 0.6 is 0 Å². The zero-order valence-electron chi connectivity index (χ0n) is 4.43. The van der Waals surface area contributed by atoms with Crippen LogP contribution in [0.15, 0.2) is 0 Å². The van der Waals surface area contributed by atoms with Gasteiger partial charge in [0.1, 0.15) is 0 Å². The van der Waals surface area contributed by atoms with Gasteiger partial charge in [-0.25, -0.2) is 0 Å². The monoisotopic (exact) mass is 96.1 g/mol. The van der Waals surface area contributed by atoms with Crippen molar-refractivity contribution in [1.82, 2.24) is 0 Å². The van der Waals surface area contributed by atoms with Crippen LogP contribution < -0.4 is 0 Å². The smallest absolute Gasteiger partial charge is 0.0869 e. The van der Waals surface area contributed by atoms with Crippen molar-refractivity contribution in [3.63, 3.8) is 0 Å². The largest absolute Gasteiger partial charge is 0.263 e. The van der Waals surface area contributed by atoms with Gasteiger partial charge in [-0.3, -0.25) is 0 Å². The lowest BCUT2D eigenvalue weighted by molar-refractivity contribution is 0.780. The van der Waals surface area contributed by atoms with Crippen LogP contribution in [0.25, 0.3) is 4.85 Å². The van der Waals surface area contributed by atoms with E-state index in [1.807, 2.05) is 0 Å². The summed E-state index contributed by atoms with van der Waals surface area (Å²) in [5.74, 6) is 0.979. The third-order valence-electron chi connectivity index (χ3n) is 1.36. The van der Waals surface area contributed by atoms with E-state index in [1.54, 1.807) is 0 Å². The predicted molar refractivity (Wildman–Crippen MR) is 30.5 cm³/mol. The zero-order valence-corrected chi connectivity index (χ0v) is 4.43. The average molecular weight is 96.2 g/mol. The van der Waals surface area contributed by atoms with Crippen molar-refractivity contribution in [2.24, 2.45) is 5.92 Å². The van der Waals surface area contributed by atoms with E-state index in [1.165, 1.54) is 19.3 Å². The second-order valence-electron chi connectivity index (χ2n) is 2.14. The van der Waals surface area contributed by atoms with E-state index in [0.29, 0.717) is 0 Å². The van der Waals surface area contributed by atoms with Gasteiger partial charge in [0, 0.05) is 6.42 Å². The minimum absolute atomic E-state index is 0.866. The fraction of sp³-hybridized carbons (Fsp3) is 0.833. The van der Waals surface area contributed by atoms with E-state index in [4.69, 9.17) is 6.57 Å². The van der Waals surface area contributed by atoms with Gasteiger partial charge in [0.25, 0.3) is 13.1 Å². The molecule has 0 unspecified atom stereocenters. The van der Waals surface area contributed by atoms with Crippen molar-refractivity contribution in [3.8, 4) is 6.57 Å². The first-order chi connectivity index (χ1) is 3.43. The Balaban J connectivity index is 1.91. The first-order valence-electron chi connectivity index (χ1n) is 2.80. The molecule has 1 saturated carbocycles. The van der Waals surface area contributed by atoms with E-state index in [0.717, 1.165) is 12.5 Å². The molecule has 38 valence electrons. The molecule has 1 nitrogen and oxygen atoms in total. The molecule has 1 aliphatic carbocycles. The summed E-state index contributed by atoms with van der Waals surface area (Å²) in [5.41, 5.74) is 0. The van der Waals surface area contributed by atoms with Gasteiger partial charge in [-0.2, -0.15) is 0 Å². The third-order valence-corrected chi connectivity index (χ3v) is 1.36. The molecule has 0 spiro atoms. The number of nitrogens with zero attached hydrogens (tertiary/aromatic N) is 1. The highest BCUT2D eigenvalue weighted by Crippen LogP contribution is 2.31. The van der Waals surface area contributed by atoms with Crippen LogP contribution in [0.5, 0.6) is 0 Å². The molecule has 0 N–H and O–H groups in total. The molecule has 0 atom stereocenters. The van der Waals surface area contributed by atoms with E-state index in [-0.39, 0.29) is 0 Å². The van der Waals surface area contributed by atoms with Gasteiger partial charge in [-0.05, 0) is 18.8 Å². The topological polar surface area (TPSA) is 4.36 Å². The highest BCUT2D eigenvalue weighted by Gasteiger charge is 2.21. The third kappa shape index (κ3) is 1.59. The van der Waals surface area contributed by atoms with Gasteiger partial charge in [0.2, 0.25) is 0 Å². The molecule has 0 radical (unpaired) electrons. The number of hydrogen-bond acceptors (Lipinski definition) is 0. The number of rotatable bonds is 2. The summed E-state index contributed by atoms with van der Waals surface area (Å²) in [6, 6.07) is 0. The second kappa shape index (κ2) is 1.97. The zero-order chi connectivity index (χ0) is 5.11. The Labute approximate surface area is 44.2 Å². The molecule has 0 saturated heterocycles. The van der Waals surface area contributed by atoms with Gasteiger partial charge in [-0.15, -0.1) is 0 Å². The summed E-state index contributed by atoms with van der Waals surface area (Å²) in [7, 11) is 0. The Kier molecular flexibility index (Phi) is 1.31. The van der Waals surface area contributed by atoms with Gasteiger partial charge in [0.15, 0.2) is 0 Å². The normalized spacial score (nSPS) is 18.7. The van der Waals surface area contributed by atoms with Crippen molar-refractivity contribution >= 4 is 0 Å². The van der Waals surface area contributed by atoms with Gasteiger partial charge in [0.05, 0.1) is 0 Å². The van der Waals surface area contributed by atoms with Crippen molar-refractivity contribution in [1.29, 1.82) is 0 Å². The summed E-state index contributed by atoms with van der Waals surface area (Å²) >= 11 is 0. The molecule has 0 aromatic heterocycles. The Bertz CT molecular complexity index is 86.8. The first-order valence-corrected chi connectivity index (χ1v) is 2.80. The molecule has 1 heteroatoms. The van der Waals surface area contributed by atoms with Crippen LogP contribution in [-0.2, 0) is 0 Å². The standard InChI is InChI=1S/C6H10N/c1-7-5-4-6-2-3-6/h1,6H,2-5H2/q+1. The van der Waals surface area contributed by atoms with Crippen LogP contribution in [0.3, 0.4) is 0 Å². The lowest BCUT2D eigenvalue weighted by Gasteiger charge is -1.75.